The van der Waals surface area contributed by atoms with E-state index in [2.05, 4.69) is 22.4 Å². The van der Waals surface area contributed by atoms with Gasteiger partial charge in [-0.15, -0.1) is 11.3 Å². The van der Waals surface area contributed by atoms with Crippen LogP contribution in [0.2, 0.25) is 0 Å². The number of anilines is 1. The van der Waals surface area contributed by atoms with Gasteiger partial charge in [-0.2, -0.15) is 0 Å². The average molecular weight is 414 g/mol. The molecule has 5 heteroatoms. The minimum atomic E-state index is 0.128. The van der Waals surface area contributed by atoms with Gasteiger partial charge in [-0.3, -0.25) is 4.79 Å². The number of fused-ring (bicyclic) bond motifs is 1. The Hall–Kier alpha value is -3.05. The first-order valence-corrected chi connectivity index (χ1v) is 11.2. The van der Waals surface area contributed by atoms with Crippen molar-refractivity contribution in [2.24, 2.45) is 0 Å². The molecule has 0 atom stereocenters. The Balaban J connectivity index is 1.48. The van der Waals surface area contributed by atoms with Gasteiger partial charge in [0.25, 0.3) is 0 Å². The molecule has 0 spiro atoms. The molecular formula is C25H23N3OS. The zero-order chi connectivity index (χ0) is 20.5. The van der Waals surface area contributed by atoms with E-state index in [0.717, 1.165) is 57.2 Å². The zero-order valence-electron chi connectivity index (χ0n) is 17.0. The molecule has 3 heterocycles. The number of hydrogen-bond acceptors (Lipinski definition) is 5. The summed E-state index contributed by atoms with van der Waals surface area (Å²) in [6.45, 7) is 4.11. The molecule has 1 aliphatic heterocycles. The van der Waals surface area contributed by atoms with Crippen LogP contribution in [-0.2, 0) is 6.42 Å². The van der Waals surface area contributed by atoms with Crippen molar-refractivity contribution in [2.45, 2.75) is 26.2 Å². The van der Waals surface area contributed by atoms with Crippen molar-refractivity contribution in [2.75, 3.05) is 18.0 Å². The molecule has 1 aliphatic rings. The largest absolute Gasteiger partial charge is 0.355 e. The van der Waals surface area contributed by atoms with Gasteiger partial charge in [-0.1, -0.05) is 42.0 Å². The van der Waals surface area contributed by atoms with Crippen molar-refractivity contribution in [1.29, 1.82) is 0 Å². The van der Waals surface area contributed by atoms with Gasteiger partial charge in [0.2, 0.25) is 0 Å². The lowest BCUT2D eigenvalue weighted by Gasteiger charge is -2.18. The van der Waals surface area contributed by atoms with Crippen LogP contribution in [0.5, 0.6) is 0 Å². The maximum Gasteiger partial charge on any atom is 0.167 e. The van der Waals surface area contributed by atoms with E-state index in [1.807, 2.05) is 49.4 Å². The summed E-state index contributed by atoms with van der Waals surface area (Å²) in [5.74, 6) is 1.90. The standard InChI is InChI=1S/C25H23N3OS/c1-17-6-4-8-19(14-17)22(29)16-18-7-5-9-20(15-18)24-26-21-10-13-30-23(21)25(27-24)28-11-2-3-12-28/h4-10,13-15H,2-3,11-12,16H2,1H3. The summed E-state index contributed by atoms with van der Waals surface area (Å²) in [6.07, 6.45) is 2.79. The van der Waals surface area contributed by atoms with Crippen LogP contribution in [-0.4, -0.2) is 28.8 Å². The predicted molar refractivity (Wildman–Crippen MR) is 124 cm³/mol. The Morgan fingerprint density at radius 2 is 1.87 bits per heavy atom. The van der Waals surface area contributed by atoms with Crippen LogP contribution in [0, 0.1) is 6.92 Å². The molecule has 0 aliphatic carbocycles. The first-order chi connectivity index (χ1) is 14.7. The molecule has 4 aromatic rings. The molecule has 0 N–H and O–H groups in total. The summed E-state index contributed by atoms with van der Waals surface area (Å²) in [6, 6.07) is 17.9. The molecule has 2 aromatic carbocycles. The summed E-state index contributed by atoms with van der Waals surface area (Å²) in [5, 5.41) is 2.08. The van der Waals surface area contributed by atoms with Crippen molar-refractivity contribution in [3.8, 4) is 11.4 Å². The smallest absolute Gasteiger partial charge is 0.167 e. The van der Waals surface area contributed by atoms with E-state index in [4.69, 9.17) is 9.97 Å². The highest BCUT2D eigenvalue weighted by atomic mass is 32.1. The first kappa shape index (κ1) is 18.9. The predicted octanol–water partition coefficient (Wildman–Crippen LogP) is 5.69. The number of carbonyl (C=O) groups is 1. The maximum absolute atomic E-state index is 12.7. The van der Waals surface area contributed by atoms with Crippen LogP contribution in [0.25, 0.3) is 21.6 Å². The molecule has 0 bridgehead atoms. The fraction of sp³-hybridized carbons (Fsp3) is 0.240. The van der Waals surface area contributed by atoms with Crippen LogP contribution in [0.3, 0.4) is 0 Å². The summed E-state index contributed by atoms with van der Waals surface area (Å²) >= 11 is 1.70. The summed E-state index contributed by atoms with van der Waals surface area (Å²) < 4.78 is 1.16. The third-order valence-electron chi connectivity index (χ3n) is 5.58. The van der Waals surface area contributed by atoms with Gasteiger partial charge in [0, 0.05) is 30.6 Å². The van der Waals surface area contributed by atoms with Crippen LogP contribution in [0.15, 0.2) is 60.0 Å². The van der Waals surface area contributed by atoms with E-state index in [9.17, 15) is 4.79 Å². The fourth-order valence-corrected chi connectivity index (χ4v) is 4.89. The van der Waals surface area contributed by atoms with Crippen molar-refractivity contribution in [3.05, 3.63) is 76.7 Å². The minimum absolute atomic E-state index is 0.128. The molecule has 1 saturated heterocycles. The lowest BCUT2D eigenvalue weighted by molar-refractivity contribution is 0.0993. The van der Waals surface area contributed by atoms with Crippen LogP contribution >= 0.6 is 11.3 Å². The molecule has 4 nitrogen and oxygen atoms in total. The van der Waals surface area contributed by atoms with Gasteiger partial charge >= 0.3 is 0 Å². The number of aryl methyl sites for hydroxylation is 1. The van der Waals surface area contributed by atoms with Crippen LogP contribution < -0.4 is 4.90 Å². The normalized spacial score (nSPS) is 13.8. The minimum Gasteiger partial charge on any atom is -0.355 e. The van der Waals surface area contributed by atoms with Crippen LogP contribution in [0.4, 0.5) is 5.82 Å². The maximum atomic E-state index is 12.7. The highest BCUT2D eigenvalue weighted by Gasteiger charge is 2.19. The number of ketones is 1. The molecule has 2 aromatic heterocycles. The fourth-order valence-electron chi connectivity index (χ4n) is 4.05. The second-order valence-electron chi connectivity index (χ2n) is 7.87. The monoisotopic (exact) mass is 413 g/mol. The Labute approximate surface area is 180 Å². The number of rotatable bonds is 5. The van der Waals surface area contributed by atoms with Gasteiger partial charge in [0.1, 0.15) is 0 Å². The highest BCUT2D eigenvalue weighted by Crippen LogP contribution is 2.33. The van der Waals surface area contributed by atoms with E-state index < -0.39 is 0 Å². The number of nitrogens with zero attached hydrogens (tertiary/aromatic N) is 3. The molecule has 0 amide bonds. The second kappa shape index (κ2) is 8.00. The molecule has 150 valence electrons. The number of carbonyl (C=O) groups excluding carboxylic acids is 1. The number of Topliss-reactive ketones (excluding diaryl/α,β-unsaturated/α-hetero) is 1. The number of thiophene rings is 1. The number of hydrogen-bond donors (Lipinski definition) is 0. The number of benzene rings is 2. The molecule has 0 unspecified atom stereocenters. The van der Waals surface area contributed by atoms with E-state index in [1.54, 1.807) is 11.3 Å². The van der Waals surface area contributed by atoms with E-state index in [0.29, 0.717) is 6.42 Å². The number of aromatic nitrogens is 2. The highest BCUT2D eigenvalue weighted by molar-refractivity contribution is 7.17. The Morgan fingerprint density at radius 3 is 2.70 bits per heavy atom. The molecular weight excluding hydrogens is 390 g/mol. The topological polar surface area (TPSA) is 46.1 Å². The lowest BCUT2D eigenvalue weighted by Crippen LogP contribution is -2.19. The quantitative estimate of drug-likeness (QED) is 0.394. The zero-order valence-corrected chi connectivity index (χ0v) is 17.8. The van der Waals surface area contributed by atoms with Crippen molar-refractivity contribution < 1.29 is 4.79 Å². The third-order valence-corrected chi connectivity index (χ3v) is 6.48. The second-order valence-corrected chi connectivity index (χ2v) is 8.79. The van der Waals surface area contributed by atoms with Crippen molar-refractivity contribution in [3.63, 3.8) is 0 Å². The average Bonchev–Trinajstić information content (AvgIpc) is 3.45. The Morgan fingerprint density at radius 1 is 1.03 bits per heavy atom. The lowest BCUT2D eigenvalue weighted by atomic mass is 10.00. The van der Waals surface area contributed by atoms with Gasteiger partial charge in [-0.25, -0.2) is 9.97 Å². The molecule has 0 radical (unpaired) electrons. The Kier molecular flexibility index (Phi) is 5.05. The van der Waals surface area contributed by atoms with Gasteiger partial charge in [0.15, 0.2) is 17.4 Å². The summed E-state index contributed by atoms with van der Waals surface area (Å²) in [4.78, 5) is 24.9. The van der Waals surface area contributed by atoms with Gasteiger partial charge in [0.05, 0.1) is 10.2 Å². The molecule has 1 fully saturated rings. The van der Waals surface area contributed by atoms with Crippen LogP contribution in [0.1, 0.15) is 34.3 Å². The van der Waals surface area contributed by atoms with E-state index in [1.165, 1.54) is 12.8 Å². The Bertz CT molecular complexity index is 1220. The van der Waals surface area contributed by atoms with E-state index in [-0.39, 0.29) is 5.78 Å². The van der Waals surface area contributed by atoms with Crippen molar-refractivity contribution in [1.82, 2.24) is 9.97 Å². The molecule has 5 rings (SSSR count). The van der Waals surface area contributed by atoms with E-state index >= 15 is 0 Å². The summed E-state index contributed by atoms with van der Waals surface area (Å²) in [7, 11) is 0. The molecule has 0 saturated carbocycles. The first-order valence-electron chi connectivity index (χ1n) is 10.4. The third kappa shape index (κ3) is 3.73. The van der Waals surface area contributed by atoms with Gasteiger partial charge < -0.3 is 4.90 Å². The summed E-state index contributed by atoms with van der Waals surface area (Å²) in [5.41, 5.74) is 4.79. The van der Waals surface area contributed by atoms with Gasteiger partial charge in [-0.05, 0) is 48.9 Å². The SMILES string of the molecule is Cc1cccc(C(=O)Cc2cccc(-c3nc(N4CCCC4)c4sccc4n3)c2)c1. The van der Waals surface area contributed by atoms with Crippen molar-refractivity contribution >= 4 is 33.2 Å². The molecule has 30 heavy (non-hydrogen) atoms.